The molecular formula is C82H146NO8P. The summed E-state index contributed by atoms with van der Waals surface area (Å²) in [6.07, 6.45) is 102. The monoisotopic (exact) mass is 1300 g/mol. The first-order valence-electron chi connectivity index (χ1n) is 38.6. The van der Waals surface area contributed by atoms with Crippen LogP contribution in [0, 0.1) is 0 Å². The molecule has 0 aliphatic carbocycles. The van der Waals surface area contributed by atoms with E-state index in [0.29, 0.717) is 17.4 Å². The molecule has 0 radical (unpaired) electrons. The highest BCUT2D eigenvalue weighted by molar-refractivity contribution is 7.45. The molecule has 92 heavy (non-hydrogen) atoms. The third kappa shape index (κ3) is 75.7. The fourth-order valence-corrected chi connectivity index (χ4v) is 11.6. The van der Waals surface area contributed by atoms with Crippen molar-refractivity contribution in [3.8, 4) is 0 Å². The third-order valence-electron chi connectivity index (χ3n) is 16.8. The fraction of sp³-hybridized carbons (Fsp3) is 0.756. The van der Waals surface area contributed by atoms with Crippen molar-refractivity contribution in [3.63, 3.8) is 0 Å². The van der Waals surface area contributed by atoms with E-state index >= 15 is 0 Å². The molecule has 0 heterocycles. The van der Waals surface area contributed by atoms with Crippen molar-refractivity contribution in [1.29, 1.82) is 0 Å². The number of phosphoric acid groups is 1. The largest absolute Gasteiger partial charge is 0.756 e. The van der Waals surface area contributed by atoms with Crippen LogP contribution in [-0.2, 0) is 32.7 Å². The van der Waals surface area contributed by atoms with Crippen molar-refractivity contribution in [1.82, 2.24) is 0 Å². The van der Waals surface area contributed by atoms with Gasteiger partial charge < -0.3 is 27.9 Å². The smallest absolute Gasteiger partial charge is 0.306 e. The molecule has 532 valence electrons. The average Bonchev–Trinajstić information content (AvgIpc) is 2.14. The van der Waals surface area contributed by atoms with Gasteiger partial charge in [0, 0.05) is 12.8 Å². The zero-order chi connectivity index (χ0) is 66.9. The van der Waals surface area contributed by atoms with Crippen molar-refractivity contribution in [2.45, 2.75) is 354 Å². The number of esters is 2. The molecule has 2 atom stereocenters. The normalized spacial score (nSPS) is 13.7. The van der Waals surface area contributed by atoms with Gasteiger partial charge in [-0.3, -0.25) is 14.2 Å². The van der Waals surface area contributed by atoms with E-state index in [2.05, 4.69) is 123 Å². The summed E-state index contributed by atoms with van der Waals surface area (Å²) in [7, 11) is 1.16. The predicted molar refractivity (Wildman–Crippen MR) is 397 cm³/mol. The van der Waals surface area contributed by atoms with Gasteiger partial charge in [0.1, 0.15) is 19.8 Å². The number of nitrogens with zero attached hydrogens (tertiary/aromatic N) is 1. The lowest BCUT2D eigenvalue weighted by molar-refractivity contribution is -0.870. The van der Waals surface area contributed by atoms with Crippen molar-refractivity contribution in [2.24, 2.45) is 0 Å². The number of phosphoric ester groups is 1. The Labute approximate surface area is 569 Å². The lowest BCUT2D eigenvalue weighted by Gasteiger charge is -2.28. The van der Waals surface area contributed by atoms with E-state index in [1.807, 2.05) is 21.1 Å². The molecule has 0 aromatic carbocycles. The number of unbranched alkanes of at least 4 members (excludes halogenated alkanes) is 39. The fourth-order valence-electron chi connectivity index (χ4n) is 10.9. The molecule has 0 aliphatic rings. The van der Waals surface area contributed by atoms with Gasteiger partial charge in [-0.15, -0.1) is 0 Å². The summed E-state index contributed by atoms with van der Waals surface area (Å²) in [6.45, 7) is 4.14. The summed E-state index contributed by atoms with van der Waals surface area (Å²) >= 11 is 0. The van der Waals surface area contributed by atoms with Crippen LogP contribution in [-0.4, -0.2) is 70.0 Å². The van der Waals surface area contributed by atoms with Crippen molar-refractivity contribution in [3.05, 3.63) is 109 Å². The Morgan fingerprint density at radius 1 is 0.348 bits per heavy atom. The molecule has 0 spiro atoms. The van der Waals surface area contributed by atoms with Gasteiger partial charge in [0.15, 0.2) is 6.10 Å². The summed E-state index contributed by atoms with van der Waals surface area (Å²) < 4.78 is 34.4. The van der Waals surface area contributed by atoms with E-state index in [9.17, 15) is 19.0 Å². The zero-order valence-corrected chi connectivity index (χ0v) is 61.6. The van der Waals surface area contributed by atoms with Crippen LogP contribution in [0.5, 0.6) is 0 Å². The minimum atomic E-state index is -4.65. The number of hydrogen-bond donors (Lipinski definition) is 0. The summed E-state index contributed by atoms with van der Waals surface area (Å²) in [6, 6.07) is 0. The quantitative estimate of drug-likeness (QED) is 0.0195. The van der Waals surface area contributed by atoms with E-state index in [0.717, 1.165) is 96.3 Å². The second-order valence-electron chi connectivity index (χ2n) is 27.0. The molecule has 0 aromatic heterocycles. The number of rotatable bonds is 71. The first kappa shape index (κ1) is 88.7. The van der Waals surface area contributed by atoms with Crippen LogP contribution in [0.1, 0.15) is 348 Å². The van der Waals surface area contributed by atoms with Crippen LogP contribution in [0.15, 0.2) is 109 Å². The number of hydrogen-bond acceptors (Lipinski definition) is 8. The van der Waals surface area contributed by atoms with E-state index in [4.69, 9.17) is 18.5 Å². The molecule has 10 heteroatoms. The SMILES string of the molecule is CC/C=C\C/C=C\C/C=C\C/C=C\C/C=C\C/C=C\C/C=C\CCCCCCCCCCCC(=O)OC(COC(=O)CCCCCCCCCCCCCCCCCCCCCCCCCCC/C=C\C/C=C\CCCCCCC)COP(=O)([O-])OCC[N+](C)(C)C. The molecule has 0 saturated heterocycles. The van der Waals surface area contributed by atoms with E-state index in [1.54, 1.807) is 0 Å². The highest BCUT2D eigenvalue weighted by atomic mass is 31.2. The van der Waals surface area contributed by atoms with Gasteiger partial charge in [-0.25, -0.2) is 0 Å². The van der Waals surface area contributed by atoms with E-state index in [1.165, 1.54) is 218 Å². The molecule has 0 aliphatic heterocycles. The molecule has 0 rings (SSSR count). The van der Waals surface area contributed by atoms with Gasteiger partial charge in [-0.05, 0) is 103 Å². The molecule has 0 bridgehead atoms. The predicted octanol–water partition coefficient (Wildman–Crippen LogP) is 25.0. The Hall–Kier alpha value is -3.33. The second kappa shape index (κ2) is 72.0. The van der Waals surface area contributed by atoms with Gasteiger partial charge in [0.25, 0.3) is 7.82 Å². The van der Waals surface area contributed by atoms with Crippen LogP contribution < -0.4 is 4.89 Å². The van der Waals surface area contributed by atoms with Crippen molar-refractivity contribution in [2.75, 3.05) is 47.5 Å². The first-order chi connectivity index (χ1) is 45.0. The average molecular weight is 1310 g/mol. The number of carbonyl (C=O) groups is 2. The van der Waals surface area contributed by atoms with Gasteiger partial charge in [0.05, 0.1) is 27.7 Å². The van der Waals surface area contributed by atoms with Crippen LogP contribution in [0.25, 0.3) is 0 Å². The number of allylic oxidation sites excluding steroid dienone is 18. The Morgan fingerprint density at radius 2 is 0.620 bits per heavy atom. The zero-order valence-electron chi connectivity index (χ0n) is 60.7. The van der Waals surface area contributed by atoms with Gasteiger partial charge in [-0.1, -0.05) is 342 Å². The summed E-state index contributed by atoms with van der Waals surface area (Å²) in [5, 5.41) is 0. The van der Waals surface area contributed by atoms with Crippen LogP contribution in [0.4, 0.5) is 0 Å². The van der Waals surface area contributed by atoms with Gasteiger partial charge in [0.2, 0.25) is 0 Å². The number of quaternary nitrogens is 1. The maximum atomic E-state index is 12.9. The number of carbonyl (C=O) groups excluding carboxylic acids is 2. The van der Waals surface area contributed by atoms with Crippen LogP contribution in [0.2, 0.25) is 0 Å². The molecule has 9 nitrogen and oxygen atoms in total. The van der Waals surface area contributed by atoms with Crippen molar-refractivity contribution >= 4 is 19.8 Å². The summed E-state index contributed by atoms with van der Waals surface area (Å²) in [4.78, 5) is 38.1. The minimum Gasteiger partial charge on any atom is -0.756 e. The van der Waals surface area contributed by atoms with Crippen LogP contribution >= 0.6 is 7.82 Å². The Morgan fingerprint density at radius 3 is 0.924 bits per heavy atom. The van der Waals surface area contributed by atoms with Crippen LogP contribution in [0.3, 0.4) is 0 Å². The van der Waals surface area contributed by atoms with E-state index < -0.39 is 26.5 Å². The molecule has 2 unspecified atom stereocenters. The summed E-state index contributed by atoms with van der Waals surface area (Å²) in [5.41, 5.74) is 0. The lowest BCUT2D eigenvalue weighted by atomic mass is 10.0. The lowest BCUT2D eigenvalue weighted by Crippen LogP contribution is -2.37. The Balaban J connectivity index is 3.99. The first-order valence-corrected chi connectivity index (χ1v) is 40.1. The standard InChI is InChI=1S/C82H146NO8P/c1-6-8-10-12-14-16-18-20-22-24-26-28-30-32-34-36-38-39-40-41-42-43-45-46-48-50-52-54-56-58-60-62-64-66-68-70-72-74-81(84)88-78-80(79-90-92(86,87)89-77-76-83(3,4)5)91-82(85)75-73-71-69-67-65-63-61-59-57-55-53-51-49-47-44-37-35-33-31-29-27-25-23-21-19-17-15-13-11-9-7-2/h9,11,15,17-18,20-21,23-24,26-27,29,33,35,44,47,51,53,80H,6-8,10,12-14,16,19,22,25,28,30-32,34,36-43,45-46,48-50,52,54-79H2,1-5H3/b11-9-,17-15-,20-18-,23-21-,26-24-,29-27-,35-33-,47-44-,53-51-. The maximum absolute atomic E-state index is 12.9. The highest BCUT2D eigenvalue weighted by Crippen LogP contribution is 2.38. The second-order valence-corrected chi connectivity index (χ2v) is 28.4. The molecule has 0 saturated carbocycles. The molecule has 0 N–H and O–H groups in total. The van der Waals surface area contributed by atoms with E-state index in [-0.39, 0.29) is 32.0 Å². The number of likely N-dealkylation sites (N-methyl/N-ethyl adjacent to an activating group) is 1. The topological polar surface area (TPSA) is 111 Å². The number of ether oxygens (including phenoxy) is 2. The highest BCUT2D eigenvalue weighted by Gasteiger charge is 2.22. The minimum absolute atomic E-state index is 0.0351. The summed E-state index contributed by atoms with van der Waals surface area (Å²) in [5.74, 6) is -0.831. The maximum Gasteiger partial charge on any atom is 0.306 e. The molecule has 0 fully saturated rings. The Bertz CT molecular complexity index is 1920. The van der Waals surface area contributed by atoms with Crippen molar-refractivity contribution < 1.29 is 42.1 Å². The molecule has 0 aromatic rings. The van der Waals surface area contributed by atoms with Gasteiger partial charge in [-0.2, -0.15) is 0 Å². The third-order valence-corrected chi connectivity index (χ3v) is 17.7. The Kier molecular flexibility index (Phi) is 69.3. The van der Waals surface area contributed by atoms with Gasteiger partial charge >= 0.3 is 11.9 Å². The molecular weight excluding hydrogens is 1160 g/mol. The molecule has 0 amide bonds.